The van der Waals surface area contributed by atoms with E-state index in [1.807, 2.05) is 12.1 Å². The molecule has 0 radical (unpaired) electrons. The standard InChI is InChI=1S/C71H85N3O9S2/c1-3-5-7-9-11-13-15-16-17-19-21-23-29-46-84(80,81)54-35-30-34-53(48-54)71(79)74-63-43-41-58(65-66(63)69(77)60-39-27-26-38-59(60)68(65)76)57-40-42-62(61-50-51-32-24-25-37-56(51)67(75)64(57)61)73-70(78)52-33-31-36-55(49-52)85(82,83)47-45-72-44-28-22-20-18-14-12-10-8-6-4-2/h24-27,30-43,48-49,72H,3-23,28-29,44-47,50H2,1-2H3,(H,73,78)(H,74,79). The van der Waals surface area contributed by atoms with Crippen molar-refractivity contribution in [3.8, 4) is 11.1 Å². The van der Waals surface area contributed by atoms with Crippen molar-refractivity contribution in [3.63, 3.8) is 0 Å². The number of hydrogen-bond donors (Lipinski definition) is 3. The van der Waals surface area contributed by atoms with Gasteiger partial charge in [-0.1, -0.05) is 221 Å². The molecule has 0 aromatic heterocycles. The van der Waals surface area contributed by atoms with Crippen LogP contribution in [-0.4, -0.2) is 70.6 Å². The van der Waals surface area contributed by atoms with Crippen molar-refractivity contribution < 1.29 is 40.8 Å². The van der Waals surface area contributed by atoms with Gasteiger partial charge in [-0.2, -0.15) is 0 Å². The number of hydrogen-bond acceptors (Lipinski definition) is 10. The van der Waals surface area contributed by atoms with Gasteiger partial charge >= 0.3 is 0 Å². The van der Waals surface area contributed by atoms with E-state index >= 15 is 0 Å². The molecule has 0 unspecified atom stereocenters. The Hall–Kier alpha value is -6.87. The van der Waals surface area contributed by atoms with Crippen molar-refractivity contribution in [2.24, 2.45) is 0 Å². The molecule has 14 heteroatoms. The highest BCUT2D eigenvalue weighted by Crippen LogP contribution is 2.44. The lowest BCUT2D eigenvalue weighted by Crippen LogP contribution is -2.25. The maximum Gasteiger partial charge on any atom is 0.255 e. The number of unbranched alkanes of at least 4 members (excludes halogenated alkanes) is 21. The maximum atomic E-state index is 14.9. The Morgan fingerprint density at radius 2 is 0.812 bits per heavy atom. The Bertz CT molecular complexity index is 3570. The minimum Gasteiger partial charge on any atom is -0.322 e. The Morgan fingerprint density at radius 1 is 0.388 bits per heavy atom. The third-order valence-electron chi connectivity index (χ3n) is 16.7. The molecule has 12 nitrogen and oxygen atoms in total. The molecule has 85 heavy (non-hydrogen) atoms. The van der Waals surface area contributed by atoms with E-state index in [1.165, 1.54) is 157 Å². The summed E-state index contributed by atoms with van der Waals surface area (Å²) in [6.07, 6.45) is 27.1. The van der Waals surface area contributed by atoms with Crippen LogP contribution in [0.25, 0.3) is 11.1 Å². The average molecular weight is 1190 g/mol. The molecule has 6 aromatic rings. The normalized spacial score (nSPS) is 12.8. The van der Waals surface area contributed by atoms with Gasteiger partial charge in [0.2, 0.25) is 0 Å². The van der Waals surface area contributed by atoms with Gasteiger partial charge in [0.15, 0.2) is 37.0 Å². The first-order valence-electron chi connectivity index (χ1n) is 31.4. The first-order valence-corrected chi connectivity index (χ1v) is 34.7. The molecule has 0 atom stereocenters. The SMILES string of the molecule is CCCCCCCCCCCCCCCS(=O)(=O)c1cccc(C(=O)Nc2ccc(-c3ccc(NC(=O)c4cccc(S(=O)(=O)CCNCCCCCCCCCCCC)c4)c4c3C(=O)c3ccccc3C4)c3c2C(=O)c2ccccc2C3=O)c1. The van der Waals surface area contributed by atoms with Gasteiger partial charge in [0.05, 0.1) is 32.5 Å². The zero-order valence-electron chi connectivity index (χ0n) is 49.8. The monoisotopic (exact) mass is 1190 g/mol. The quantitative estimate of drug-likeness (QED) is 0.0322. The molecule has 0 heterocycles. The molecule has 0 spiro atoms. The van der Waals surface area contributed by atoms with E-state index in [2.05, 4.69) is 29.8 Å². The first kappa shape index (κ1) is 64.1. The number of rotatable bonds is 35. The van der Waals surface area contributed by atoms with Crippen molar-refractivity contribution in [2.75, 3.05) is 35.2 Å². The molecule has 0 fully saturated rings. The van der Waals surface area contributed by atoms with E-state index in [1.54, 1.807) is 54.6 Å². The van der Waals surface area contributed by atoms with Crippen molar-refractivity contribution in [1.29, 1.82) is 0 Å². The molecular weight excluding hydrogens is 1100 g/mol. The second-order valence-electron chi connectivity index (χ2n) is 23.1. The second-order valence-corrected chi connectivity index (χ2v) is 27.3. The molecule has 6 aromatic carbocycles. The lowest BCUT2D eigenvalue weighted by atomic mass is 9.76. The van der Waals surface area contributed by atoms with Crippen LogP contribution in [0.5, 0.6) is 0 Å². The number of nitrogens with one attached hydrogen (secondary N) is 3. The van der Waals surface area contributed by atoms with Crippen LogP contribution in [0.2, 0.25) is 0 Å². The Kier molecular flexibility index (Phi) is 23.8. The minimum absolute atomic E-state index is 0.0157. The van der Waals surface area contributed by atoms with E-state index in [-0.39, 0.29) is 90.2 Å². The molecule has 0 saturated heterocycles. The van der Waals surface area contributed by atoms with E-state index in [0.717, 1.165) is 45.1 Å². The number of anilines is 2. The van der Waals surface area contributed by atoms with Crippen molar-refractivity contribution in [3.05, 3.63) is 177 Å². The number of fused-ring (bicyclic) bond motifs is 4. The molecule has 0 bridgehead atoms. The summed E-state index contributed by atoms with van der Waals surface area (Å²) < 4.78 is 54.4. The molecule has 450 valence electrons. The average Bonchev–Trinajstić information content (AvgIpc) is 1.40. The molecule has 0 aliphatic heterocycles. The summed E-state index contributed by atoms with van der Waals surface area (Å²) in [7, 11) is -7.48. The van der Waals surface area contributed by atoms with E-state index in [4.69, 9.17) is 0 Å². The highest BCUT2D eigenvalue weighted by molar-refractivity contribution is 7.91. The highest BCUT2D eigenvalue weighted by Gasteiger charge is 2.37. The lowest BCUT2D eigenvalue weighted by Gasteiger charge is -2.27. The number of carbonyl (C=O) groups excluding carboxylic acids is 5. The van der Waals surface area contributed by atoms with Gasteiger partial charge in [-0.3, -0.25) is 24.0 Å². The van der Waals surface area contributed by atoms with Crippen LogP contribution in [-0.2, 0) is 26.1 Å². The third kappa shape index (κ3) is 16.8. The zero-order valence-corrected chi connectivity index (χ0v) is 51.5. The predicted molar refractivity (Wildman–Crippen MR) is 341 cm³/mol. The van der Waals surface area contributed by atoms with Gasteiger partial charge in [0.1, 0.15) is 0 Å². The van der Waals surface area contributed by atoms with Crippen LogP contribution < -0.4 is 16.0 Å². The van der Waals surface area contributed by atoms with Crippen LogP contribution in [0.4, 0.5) is 11.4 Å². The van der Waals surface area contributed by atoms with E-state index < -0.39 is 43.1 Å². The third-order valence-corrected chi connectivity index (χ3v) is 20.2. The second kappa shape index (κ2) is 31.5. The molecule has 0 saturated carbocycles. The van der Waals surface area contributed by atoms with Gasteiger partial charge in [0.25, 0.3) is 11.8 Å². The van der Waals surface area contributed by atoms with Gasteiger partial charge < -0.3 is 16.0 Å². The molecule has 2 aliphatic rings. The molecule has 8 rings (SSSR count). The van der Waals surface area contributed by atoms with Crippen LogP contribution in [0.1, 0.15) is 241 Å². The number of ketones is 3. The largest absolute Gasteiger partial charge is 0.322 e. The fourth-order valence-electron chi connectivity index (χ4n) is 11.9. The van der Waals surface area contributed by atoms with Crippen LogP contribution in [0.15, 0.2) is 131 Å². The topological polar surface area (TPSA) is 190 Å². The summed E-state index contributed by atoms with van der Waals surface area (Å²) in [6.45, 7) is 5.46. The molecule has 2 aliphatic carbocycles. The first-order chi connectivity index (χ1) is 41.2. The lowest BCUT2D eigenvalue weighted by molar-refractivity contribution is 0.0979. The number of benzene rings is 6. The van der Waals surface area contributed by atoms with Gasteiger partial charge in [-0.15, -0.1) is 0 Å². The number of sulfone groups is 2. The summed E-state index contributed by atoms with van der Waals surface area (Å²) in [6, 6.07) is 31.6. The summed E-state index contributed by atoms with van der Waals surface area (Å²) in [4.78, 5) is 73.0. The van der Waals surface area contributed by atoms with Gasteiger partial charge in [-0.25, -0.2) is 16.8 Å². The van der Waals surface area contributed by atoms with Crippen LogP contribution in [0.3, 0.4) is 0 Å². The fourth-order valence-corrected chi connectivity index (χ4v) is 14.5. The van der Waals surface area contributed by atoms with Crippen LogP contribution in [0, 0.1) is 0 Å². The summed E-state index contributed by atoms with van der Waals surface area (Å²) >= 11 is 0. The fraction of sp³-hybridized carbons (Fsp3) is 0.423. The van der Waals surface area contributed by atoms with E-state index in [9.17, 15) is 40.8 Å². The number of amides is 2. The summed E-state index contributed by atoms with van der Waals surface area (Å²) in [5, 5.41) is 9.07. The molecular formula is C71H85N3O9S2. The Morgan fingerprint density at radius 3 is 1.35 bits per heavy atom. The number of carbonyl (C=O) groups is 5. The van der Waals surface area contributed by atoms with Crippen molar-refractivity contribution in [1.82, 2.24) is 5.32 Å². The molecule has 3 N–H and O–H groups in total. The predicted octanol–water partition coefficient (Wildman–Crippen LogP) is 15.9. The molecule has 2 amide bonds. The summed E-state index contributed by atoms with van der Waals surface area (Å²) in [5.41, 5.74) is 2.99. The maximum absolute atomic E-state index is 14.9. The summed E-state index contributed by atoms with van der Waals surface area (Å²) in [5.74, 6) is -2.88. The highest BCUT2D eigenvalue weighted by atomic mass is 32.2. The Balaban J connectivity index is 0.984. The minimum atomic E-state index is -3.75. The smallest absolute Gasteiger partial charge is 0.255 e. The van der Waals surface area contributed by atoms with Crippen LogP contribution >= 0.6 is 0 Å². The van der Waals surface area contributed by atoms with Crippen molar-refractivity contribution in [2.45, 2.75) is 178 Å². The Labute approximate surface area is 504 Å². The zero-order chi connectivity index (χ0) is 60.2. The van der Waals surface area contributed by atoms with Gasteiger partial charge in [0, 0.05) is 57.6 Å². The van der Waals surface area contributed by atoms with Gasteiger partial charge in [-0.05, 0) is 90.2 Å². The van der Waals surface area contributed by atoms with Crippen molar-refractivity contribution >= 4 is 60.2 Å². The van der Waals surface area contributed by atoms with E-state index in [0.29, 0.717) is 34.4 Å².